The first-order chi connectivity index (χ1) is 9.66. The molecule has 0 saturated heterocycles. The van der Waals surface area contributed by atoms with Crippen molar-refractivity contribution in [2.45, 2.75) is 53.1 Å². The van der Waals surface area contributed by atoms with E-state index in [2.05, 4.69) is 0 Å². The second-order valence-electron chi connectivity index (χ2n) is 6.46. The number of hydrogen-bond acceptors (Lipinski definition) is 3. The van der Waals surface area contributed by atoms with Gasteiger partial charge < -0.3 is 14.7 Å². The minimum atomic E-state index is -0.381. The molecule has 4 heteroatoms. The second kappa shape index (κ2) is 5.24. The zero-order valence-electron chi connectivity index (χ0n) is 13.8. The summed E-state index contributed by atoms with van der Waals surface area (Å²) in [5.41, 5.74) is 3.49. The molecule has 1 aromatic rings. The topological polar surface area (TPSA) is 49.8 Å². The van der Waals surface area contributed by atoms with Gasteiger partial charge in [-0.1, -0.05) is 0 Å². The fourth-order valence-electron chi connectivity index (χ4n) is 3.02. The van der Waals surface area contributed by atoms with Crippen LogP contribution in [-0.2, 0) is 11.2 Å². The van der Waals surface area contributed by atoms with Crippen molar-refractivity contribution >= 4 is 5.91 Å². The lowest BCUT2D eigenvalue weighted by atomic mass is 9.87. The molecule has 1 atom stereocenters. The lowest BCUT2D eigenvalue weighted by molar-refractivity contribution is -0.130. The highest BCUT2D eigenvalue weighted by molar-refractivity contribution is 5.73. The Morgan fingerprint density at radius 3 is 2.48 bits per heavy atom. The second-order valence-corrected chi connectivity index (χ2v) is 6.46. The quantitative estimate of drug-likeness (QED) is 0.911. The zero-order valence-corrected chi connectivity index (χ0v) is 13.8. The number of hydrogen-bond donors (Lipinski definition) is 1. The van der Waals surface area contributed by atoms with Crippen LogP contribution < -0.4 is 4.74 Å². The highest BCUT2D eigenvalue weighted by Crippen LogP contribution is 2.43. The number of benzene rings is 1. The predicted octanol–water partition coefficient (Wildman–Crippen LogP) is 2.88. The number of phenolic OH excluding ortho intramolecular Hbond substituents is 1. The van der Waals surface area contributed by atoms with Gasteiger partial charge in [-0.3, -0.25) is 4.79 Å². The van der Waals surface area contributed by atoms with Gasteiger partial charge in [-0.25, -0.2) is 0 Å². The van der Waals surface area contributed by atoms with E-state index in [-0.39, 0.29) is 11.5 Å². The van der Waals surface area contributed by atoms with E-state index in [1.54, 1.807) is 18.9 Å². The summed E-state index contributed by atoms with van der Waals surface area (Å²) in [4.78, 5) is 13.2. The van der Waals surface area contributed by atoms with Crippen LogP contribution in [0, 0.1) is 20.8 Å². The van der Waals surface area contributed by atoms with Gasteiger partial charge in [-0.05, 0) is 57.2 Å². The van der Waals surface area contributed by atoms with Gasteiger partial charge in [0.15, 0.2) is 0 Å². The van der Waals surface area contributed by atoms with Gasteiger partial charge in [0.05, 0.1) is 6.54 Å². The van der Waals surface area contributed by atoms with E-state index < -0.39 is 0 Å². The number of nitrogens with zero attached hydrogens (tertiary/aromatic N) is 1. The largest absolute Gasteiger partial charge is 0.507 e. The number of carbonyl (C=O) groups is 1. The Bertz CT molecular complexity index is 594. The molecule has 0 spiro atoms. The first kappa shape index (κ1) is 15.7. The lowest BCUT2D eigenvalue weighted by Gasteiger charge is -2.39. The monoisotopic (exact) mass is 291 g/mol. The van der Waals surface area contributed by atoms with Gasteiger partial charge in [0.25, 0.3) is 0 Å². The van der Waals surface area contributed by atoms with Crippen LogP contribution in [0.5, 0.6) is 11.5 Å². The van der Waals surface area contributed by atoms with E-state index in [4.69, 9.17) is 4.74 Å². The summed E-state index contributed by atoms with van der Waals surface area (Å²) in [5, 5.41) is 10.2. The Morgan fingerprint density at radius 1 is 1.29 bits per heavy atom. The van der Waals surface area contributed by atoms with Crippen LogP contribution in [0.4, 0.5) is 0 Å². The Hall–Kier alpha value is -1.71. The zero-order chi connectivity index (χ0) is 15.9. The Labute approximate surface area is 126 Å². The van der Waals surface area contributed by atoms with Crippen molar-refractivity contribution in [1.82, 2.24) is 4.90 Å². The summed E-state index contributed by atoms with van der Waals surface area (Å²) >= 11 is 0. The third kappa shape index (κ3) is 2.71. The smallest absolute Gasteiger partial charge is 0.219 e. The van der Waals surface area contributed by atoms with Crippen LogP contribution in [0.2, 0.25) is 0 Å². The first-order valence-corrected chi connectivity index (χ1v) is 7.38. The van der Waals surface area contributed by atoms with Gasteiger partial charge in [0, 0.05) is 19.5 Å². The van der Waals surface area contributed by atoms with Gasteiger partial charge in [0.1, 0.15) is 17.1 Å². The van der Waals surface area contributed by atoms with E-state index in [9.17, 15) is 9.90 Å². The molecular weight excluding hydrogens is 266 g/mol. The van der Waals surface area contributed by atoms with E-state index in [0.29, 0.717) is 12.3 Å². The molecule has 1 aromatic carbocycles. The van der Waals surface area contributed by atoms with Crippen LogP contribution in [0.1, 0.15) is 42.5 Å². The van der Waals surface area contributed by atoms with Crippen LogP contribution >= 0.6 is 0 Å². The molecule has 1 aliphatic rings. The standard InChI is InChI=1S/C17H25NO3/c1-10-11(2)16-14(12(3)15(10)20)7-8-17(5,21-16)9-18(6)13(4)19/h20H,7-9H2,1-6H3. The van der Waals surface area contributed by atoms with E-state index in [1.165, 1.54) is 0 Å². The van der Waals surface area contributed by atoms with Gasteiger partial charge in [-0.2, -0.15) is 0 Å². The molecule has 0 saturated carbocycles. The molecular formula is C17H25NO3. The normalized spacial score (nSPS) is 20.7. The van der Waals surface area contributed by atoms with Crippen molar-refractivity contribution < 1.29 is 14.6 Å². The van der Waals surface area contributed by atoms with Gasteiger partial charge in [-0.15, -0.1) is 0 Å². The number of fused-ring (bicyclic) bond motifs is 1. The molecule has 1 unspecified atom stereocenters. The molecule has 1 aliphatic heterocycles. The summed E-state index contributed by atoms with van der Waals surface area (Å²) in [6.45, 7) is 10.0. The van der Waals surface area contributed by atoms with Gasteiger partial charge >= 0.3 is 0 Å². The van der Waals surface area contributed by atoms with Crippen molar-refractivity contribution in [1.29, 1.82) is 0 Å². The molecule has 116 valence electrons. The molecule has 0 bridgehead atoms. The minimum absolute atomic E-state index is 0.0420. The highest BCUT2D eigenvalue weighted by Gasteiger charge is 2.35. The van der Waals surface area contributed by atoms with Crippen LogP contribution in [0.25, 0.3) is 0 Å². The molecule has 0 aliphatic carbocycles. The maximum atomic E-state index is 11.5. The van der Waals surface area contributed by atoms with Crippen LogP contribution in [-0.4, -0.2) is 35.1 Å². The molecule has 21 heavy (non-hydrogen) atoms. The van der Waals surface area contributed by atoms with Crippen molar-refractivity contribution in [2.75, 3.05) is 13.6 Å². The maximum absolute atomic E-state index is 11.5. The predicted molar refractivity (Wildman–Crippen MR) is 83.0 cm³/mol. The third-order valence-electron chi connectivity index (χ3n) is 4.70. The lowest BCUT2D eigenvalue weighted by Crippen LogP contribution is -2.47. The fraction of sp³-hybridized carbons (Fsp3) is 0.588. The molecule has 0 fully saturated rings. The fourth-order valence-corrected chi connectivity index (χ4v) is 3.02. The summed E-state index contributed by atoms with van der Waals surface area (Å²) in [6.07, 6.45) is 1.69. The molecule has 1 heterocycles. The maximum Gasteiger partial charge on any atom is 0.219 e. The summed E-state index contributed by atoms with van der Waals surface area (Å²) in [6, 6.07) is 0. The number of amides is 1. The van der Waals surface area contributed by atoms with Crippen molar-refractivity contribution in [2.24, 2.45) is 0 Å². The van der Waals surface area contributed by atoms with E-state index in [0.717, 1.165) is 40.8 Å². The number of rotatable bonds is 2. The average molecular weight is 291 g/mol. The number of carbonyl (C=O) groups excluding carboxylic acids is 1. The molecule has 1 N–H and O–H groups in total. The molecule has 0 radical (unpaired) electrons. The highest BCUT2D eigenvalue weighted by atomic mass is 16.5. The third-order valence-corrected chi connectivity index (χ3v) is 4.70. The molecule has 2 rings (SSSR count). The summed E-state index contributed by atoms with van der Waals surface area (Å²) < 4.78 is 6.28. The Morgan fingerprint density at radius 2 is 1.90 bits per heavy atom. The number of aromatic hydroxyl groups is 1. The number of phenols is 1. The Kier molecular flexibility index (Phi) is 3.91. The van der Waals surface area contributed by atoms with Gasteiger partial charge in [0.2, 0.25) is 5.91 Å². The molecule has 1 amide bonds. The SMILES string of the molecule is CC(=O)N(C)CC1(C)CCc2c(C)c(O)c(C)c(C)c2O1. The molecule has 4 nitrogen and oxygen atoms in total. The van der Waals surface area contributed by atoms with Crippen LogP contribution in [0.15, 0.2) is 0 Å². The first-order valence-electron chi connectivity index (χ1n) is 7.38. The Balaban J connectivity index is 2.38. The van der Waals surface area contributed by atoms with Crippen molar-refractivity contribution in [3.05, 3.63) is 22.3 Å². The van der Waals surface area contributed by atoms with E-state index >= 15 is 0 Å². The minimum Gasteiger partial charge on any atom is -0.507 e. The summed E-state index contributed by atoms with van der Waals surface area (Å²) in [7, 11) is 1.80. The van der Waals surface area contributed by atoms with E-state index in [1.807, 2.05) is 27.7 Å². The average Bonchev–Trinajstić information content (AvgIpc) is 2.42. The van der Waals surface area contributed by atoms with Crippen LogP contribution in [0.3, 0.4) is 0 Å². The summed E-state index contributed by atoms with van der Waals surface area (Å²) in [5.74, 6) is 1.30. The van der Waals surface area contributed by atoms with Crippen molar-refractivity contribution in [3.8, 4) is 11.5 Å². The number of likely N-dealkylation sites (N-methyl/N-ethyl adjacent to an activating group) is 1. The number of ether oxygens (including phenoxy) is 1. The van der Waals surface area contributed by atoms with Crippen molar-refractivity contribution in [3.63, 3.8) is 0 Å². The molecule has 0 aromatic heterocycles.